The van der Waals surface area contributed by atoms with Gasteiger partial charge in [-0.2, -0.15) is 0 Å². The molecule has 0 aliphatic heterocycles. The summed E-state index contributed by atoms with van der Waals surface area (Å²) in [5.74, 6) is 0.347. The summed E-state index contributed by atoms with van der Waals surface area (Å²) in [7, 11) is 1.62. The van der Waals surface area contributed by atoms with E-state index in [1.165, 1.54) is 23.5 Å². The first-order valence-corrected chi connectivity index (χ1v) is 11.5. The van der Waals surface area contributed by atoms with Gasteiger partial charge < -0.3 is 14.4 Å². The number of halogens is 1. The number of hydrogen-bond donors (Lipinski definition) is 0. The van der Waals surface area contributed by atoms with Crippen LogP contribution in [0.2, 0.25) is 0 Å². The van der Waals surface area contributed by atoms with Gasteiger partial charge in [0.25, 0.3) is 5.91 Å². The van der Waals surface area contributed by atoms with E-state index in [0.717, 1.165) is 22.0 Å². The first kappa shape index (κ1) is 23.9. The van der Waals surface area contributed by atoms with Crippen molar-refractivity contribution in [1.82, 2.24) is 9.88 Å². The normalized spacial score (nSPS) is 11.0. The van der Waals surface area contributed by atoms with Crippen LogP contribution < -0.4 is 4.74 Å². The molecule has 3 rings (SSSR count). The molecule has 1 amide bonds. The molecular formula is C25H29FN2O3S. The number of para-hydroxylation sites is 1. The van der Waals surface area contributed by atoms with Gasteiger partial charge in [0.2, 0.25) is 0 Å². The summed E-state index contributed by atoms with van der Waals surface area (Å²) in [6.07, 6.45) is 0.656. The molecule has 2 aromatic carbocycles. The molecule has 0 radical (unpaired) electrons. The van der Waals surface area contributed by atoms with Gasteiger partial charge in [0.05, 0.1) is 17.8 Å². The van der Waals surface area contributed by atoms with Gasteiger partial charge in [-0.1, -0.05) is 44.2 Å². The monoisotopic (exact) mass is 456 g/mol. The fourth-order valence-corrected chi connectivity index (χ4v) is 4.07. The van der Waals surface area contributed by atoms with E-state index in [0.29, 0.717) is 38.6 Å². The zero-order valence-electron chi connectivity index (χ0n) is 18.7. The summed E-state index contributed by atoms with van der Waals surface area (Å²) in [5, 5.41) is 2.75. The molecule has 0 saturated carbocycles. The first-order valence-electron chi connectivity index (χ1n) is 10.7. The van der Waals surface area contributed by atoms with Crippen molar-refractivity contribution in [2.45, 2.75) is 39.3 Å². The Morgan fingerprint density at radius 3 is 2.66 bits per heavy atom. The van der Waals surface area contributed by atoms with Crippen LogP contribution in [0, 0.1) is 5.82 Å². The predicted octanol–water partition coefficient (Wildman–Crippen LogP) is 5.66. The number of ether oxygens (including phenoxy) is 2. The van der Waals surface area contributed by atoms with Crippen LogP contribution >= 0.6 is 11.3 Å². The van der Waals surface area contributed by atoms with Gasteiger partial charge in [-0.05, 0) is 36.1 Å². The number of thiazole rings is 1. The van der Waals surface area contributed by atoms with Gasteiger partial charge in [-0.3, -0.25) is 4.79 Å². The van der Waals surface area contributed by atoms with Gasteiger partial charge in [-0.15, -0.1) is 11.3 Å². The Morgan fingerprint density at radius 2 is 1.91 bits per heavy atom. The molecule has 5 nitrogen and oxygen atoms in total. The third kappa shape index (κ3) is 6.37. The number of aromatic nitrogens is 1. The molecule has 1 heterocycles. The third-order valence-electron chi connectivity index (χ3n) is 5.01. The second-order valence-corrected chi connectivity index (χ2v) is 8.71. The summed E-state index contributed by atoms with van der Waals surface area (Å²) in [5.41, 5.74) is 1.98. The fraction of sp³-hybridized carbons (Fsp3) is 0.360. The average molecular weight is 457 g/mol. The molecule has 1 aromatic heterocycles. The molecule has 0 fully saturated rings. The predicted molar refractivity (Wildman–Crippen MR) is 125 cm³/mol. The highest BCUT2D eigenvalue weighted by Crippen LogP contribution is 2.27. The lowest BCUT2D eigenvalue weighted by molar-refractivity contribution is 0.0717. The Hall–Kier alpha value is -2.77. The van der Waals surface area contributed by atoms with Gasteiger partial charge in [0.1, 0.15) is 23.2 Å². The molecule has 0 bridgehead atoms. The molecule has 0 saturated heterocycles. The highest BCUT2D eigenvalue weighted by atomic mass is 32.1. The van der Waals surface area contributed by atoms with Gasteiger partial charge in [0.15, 0.2) is 0 Å². The summed E-state index contributed by atoms with van der Waals surface area (Å²) in [6, 6.07) is 14.0. The van der Waals surface area contributed by atoms with Crippen molar-refractivity contribution in [3.63, 3.8) is 0 Å². The van der Waals surface area contributed by atoms with Crippen molar-refractivity contribution in [3.05, 3.63) is 81.6 Å². The van der Waals surface area contributed by atoms with Crippen LogP contribution in [0.3, 0.4) is 0 Å². The number of nitrogens with zero attached hydrogens (tertiary/aromatic N) is 2. The van der Waals surface area contributed by atoms with Crippen LogP contribution in [0.25, 0.3) is 0 Å². The molecule has 0 atom stereocenters. The van der Waals surface area contributed by atoms with E-state index in [-0.39, 0.29) is 11.5 Å². The van der Waals surface area contributed by atoms with E-state index in [1.54, 1.807) is 24.1 Å². The Bertz CT molecular complexity index is 1020. The van der Waals surface area contributed by atoms with E-state index < -0.39 is 5.82 Å². The second-order valence-electron chi connectivity index (χ2n) is 7.77. The fourth-order valence-electron chi connectivity index (χ4n) is 3.37. The smallest absolute Gasteiger partial charge is 0.257 e. The number of rotatable bonds is 11. The lowest BCUT2D eigenvalue weighted by Gasteiger charge is -2.22. The number of carbonyl (C=O) groups is 1. The summed E-state index contributed by atoms with van der Waals surface area (Å²) in [4.78, 5) is 19.2. The Labute approximate surface area is 192 Å². The number of carbonyl (C=O) groups excluding carboxylic acids is 1. The lowest BCUT2D eigenvalue weighted by Crippen LogP contribution is -2.32. The number of hydrogen-bond acceptors (Lipinski definition) is 5. The maximum absolute atomic E-state index is 14.2. The van der Waals surface area contributed by atoms with Crippen molar-refractivity contribution >= 4 is 17.2 Å². The molecule has 7 heteroatoms. The van der Waals surface area contributed by atoms with Crippen molar-refractivity contribution in [1.29, 1.82) is 0 Å². The average Bonchev–Trinajstić information content (AvgIpc) is 3.24. The first-order chi connectivity index (χ1) is 15.5. The van der Waals surface area contributed by atoms with Crippen LogP contribution in [-0.2, 0) is 17.9 Å². The molecule has 0 spiro atoms. The van der Waals surface area contributed by atoms with Gasteiger partial charge >= 0.3 is 0 Å². The number of benzene rings is 2. The third-order valence-corrected chi connectivity index (χ3v) is 5.88. The topological polar surface area (TPSA) is 51.7 Å². The largest absolute Gasteiger partial charge is 0.486 e. The van der Waals surface area contributed by atoms with E-state index in [1.807, 2.05) is 23.6 Å². The zero-order chi connectivity index (χ0) is 22.9. The summed E-state index contributed by atoms with van der Waals surface area (Å²) in [6.45, 7) is 5.90. The molecule has 32 heavy (non-hydrogen) atoms. The highest BCUT2D eigenvalue weighted by molar-refractivity contribution is 7.09. The molecule has 0 aliphatic rings. The summed E-state index contributed by atoms with van der Waals surface area (Å²) < 4.78 is 25.3. The van der Waals surface area contributed by atoms with E-state index in [4.69, 9.17) is 9.47 Å². The molecule has 0 N–H and O–H groups in total. The second kappa shape index (κ2) is 11.7. The van der Waals surface area contributed by atoms with Crippen LogP contribution in [0.4, 0.5) is 4.39 Å². The van der Waals surface area contributed by atoms with Crippen LogP contribution in [-0.4, -0.2) is 36.1 Å². The maximum Gasteiger partial charge on any atom is 0.257 e. The van der Waals surface area contributed by atoms with Crippen LogP contribution in [0.15, 0.2) is 53.9 Å². The van der Waals surface area contributed by atoms with Crippen molar-refractivity contribution in [3.8, 4) is 5.75 Å². The minimum atomic E-state index is -0.523. The molecule has 0 aliphatic carbocycles. The Balaban J connectivity index is 1.68. The van der Waals surface area contributed by atoms with E-state index >= 15 is 0 Å². The van der Waals surface area contributed by atoms with Crippen molar-refractivity contribution in [2.24, 2.45) is 0 Å². The van der Waals surface area contributed by atoms with Gasteiger partial charge in [-0.25, -0.2) is 9.37 Å². The molecule has 170 valence electrons. The number of amides is 1. The van der Waals surface area contributed by atoms with Crippen LogP contribution in [0.1, 0.15) is 52.8 Å². The van der Waals surface area contributed by atoms with Crippen molar-refractivity contribution in [2.75, 3.05) is 20.3 Å². The Morgan fingerprint density at radius 1 is 1.16 bits per heavy atom. The van der Waals surface area contributed by atoms with Gasteiger partial charge in [0, 0.05) is 25.6 Å². The maximum atomic E-state index is 14.2. The number of methoxy groups -OCH3 is 1. The van der Waals surface area contributed by atoms with Crippen LogP contribution in [0.5, 0.6) is 5.75 Å². The standard InChI is InChI=1S/C25H29FN2O3S/c1-18(2)20-9-5-7-12-23(20)31-16-24-27-19(17-32-24)15-28(13-8-14-30-3)25(29)21-10-4-6-11-22(21)26/h4-7,9-12,17-18H,8,13-16H2,1-3H3. The quantitative estimate of drug-likeness (QED) is 0.349. The van der Waals surface area contributed by atoms with E-state index in [9.17, 15) is 9.18 Å². The van der Waals surface area contributed by atoms with Crippen molar-refractivity contribution < 1.29 is 18.7 Å². The highest BCUT2D eigenvalue weighted by Gasteiger charge is 2.20. The minimum absolute atomic E-state index is 0.0639. The SMILES string of the molecule is COCCCN(Cc1csc(COc2ccccc2C(C)C)n1)C(=O)c1ccccc1F. The lowest BCUT2D eigenvalue weighted by atomic mass is 10.0. The Kier molecular flexibility index (Phi) is 8.76. The summed E-state index contributed by atoms with van der Waals surface area (Å²) >= 11 is 1.49. The molecular weight excluding hydrogens is 427 g/mol. The zero-order valence-corrected chi connectivity index (χ0v) is 19.5. The minimum Gasteiger partial charge on any atom is -0.486 e. The molecule has 3 aromatic rings. The van der Waals surface area contributed by atoms with E-state index in [2.05, 4.69) is 24.9 Å². The molecule has 0 unspecified atom stereocenters.